The highest BCUT2D eigenvalue weighted by Crippen LogP contribution is 2.24. The van der Waals surface area contributed by atoms with E-state index < -0.39 is 6.04 Å². The monoisotopic (exact) mass is 273 g/mol. The fraction of sp³-hybridized carbons (Fsp3) is 0.250. The Morgan fingerprint density at radius 2 is 1.35 bits per heavy atom. The van der Waals surface area contributed by atoms with Gasteiger partial charge in [0.2, 0.25) is 0 Å². The van der Waals surface area contributed by atoms with E-state index in [1.54, 1.807) is 12.1 Å². The van der Waals surface area contributed by atoms with Gasteiger partial charge in [0.1, 0.15) is 5.75 Å². The number of hydrogen-bond acceptors (Lipinski definition) is 4. The van der Waals surface area contributed by atoms with E-state index in [1.807, 2.05) is 42.5 Å². The molecule has 1 unspecified atom stereocenters. The molecule has 0 aromatic heterocycles. The molecule has 4 N–H and O–H groups in total. The third-order valence-electron chi connectivity index (χ3n) is 3.20. The van der Waals surface area contributed by atoms with Gasteiger partial charge < -0.3 is 15.3 Å². The van der Waals surface area contributed by atoms with E-state index in [0.29, 0.717) is 0 Å². The molecule has 0 amide bonds. The van der Waals surface area contributed by atoms with Crippen LogP contribution in [0.15, 0.2) is 54.6 Å². The van der Waals surface area contributed by atoms with Crippen LogP contribution in [-0.4, -0.2) is 34.6 Å². The summed E-state index contributed by atoms with van der Waals surface area (Å²) in [6.45, 7) is -0.282. The number of phenols is 1. The van der Waals surface area contributed by atoms with E-state index in [2.05, 4.69) is 5.32 Å². The van der Waals surface area contributed by atoms with Crippen LogP contribution in [0, 0.1) is 0 Å². The normalized spacial score (nSPS) is 12.6. The molecule has 0 saturated carbocycles. The van der Waals surface area contributed by atoms with Crippen LogP contribution in [0.4, 0.5) is 0 Å². The summed E-state index contributed by atoms with van der Waals surface area (Å²) in [6.07, 6.45) is 0. The third kappa shape index (κ3) is 3.57. The van der Waals surface area contributed by atoms with Gasteiger partial charge in [0.05, 0.1) is 25.3 Å². The average Bonchev–Trinajstić information content (AvgIpc) is 2.51. The number of aliphatic hydroxyl groups is 2. The van der Waals surface area contributed by atoms with Crippen molar-refractivity contribution in [1.82, 2.24) is 5.32 Å². The molecule has 0 aliphatic heterocycles. The molecule has 4 nitrogen and oxygen atoms in total. The Kier molecular flexibility index (Phi) is 5.12. The van der Waals surface area contributed by atoms with Crippen LogP contribution in [0.25, 0.3) is 0 Å². The van der Waals surface area contributed by atoms with Crippen LogP contribution >= 0.6 is 0 Å². The molecule has 2 aromatic carbocycles. The number of benzene rings is 2. The maximum atomic E-state index is 9.38. The van der Waals surface area contributed by atoms with Gasteiger partial charge in [0, 0.05) is 0 Å². The molecule has 0 fully saturated rings. The Bertz CT molecular complexity index is 509. The van der Waals surface area contributed by atoms with Gasteiger partial charge in [-0.05, 0) is 23.3 Å². The van der Waals surface area contributed by atoms with Crippen molar-refractivity contribution in [2.24, 2.45) is 0 Å². The SMILES string of the molecule is OCC(CO)NC(c1ccccc1)c1ccc(O)cc1. The van der Waals surface area contributed by atoms with Crippen molar-refractivity contribution in [3.05, 3.63) is 65.7 Å². The van der Waals surface area contributed by atoms with E-state index in [0.717, 1.165) is 11.1 Å². The molecule has 2 aromatic rings. The topological polar surface area (TPSA) is 72.7 Å². The van der Waals surface area contributed by atoms with Crippen molar-refractivity contribution in [1.29, 1.82) is 0 Å². The fourth-order valence-corrected chi connectivity index (χ4v) is 2.10. The molecule has 0 aliphatic rings. The van der Waals surface area contributed by atoms with Gasteiger partial charge in [-0.15, -0.1) is 0 Å². The molecule has 2 rings (SSSR count). The zero-order valence-corrected chi connectivity index (χ0v) is 11.1. The molecule has 0 aliphatic carbocycles. The largest absolute Gasteiger partial charge is 0.508 e. The molecular weight excluding hydrogens is 254 g/mol. The van der Waals surface area contributed by atoms with Crippen LogP contribution in [-0.2, 0) is 0 Å². The minimum absolute atomic E-state index is 0.141. The van der Waals surface area contributed by atoms with Crippen molar-refractivity contribution >= 4 is 0 Å². The summed E-state index contributed by atoms with van der Waals surface area (Å²) >= 11 is 0. The predicted octanol–water partition coefficient (Wildman–Crippen LogP) is 1.42. The smallest absolute Gasteiger partial charge is 0.115 e. The lowest BCUT2D eigenvalue weighted by molar-refractivity contribution is 0.165. The molecule has 0 heterocycles. The molecule has 0 radical (unpaired) electrons. The highest BCUT2D eigenvalue weighted by molar-refractivity contribution is 5.35. The van der Waals surface area contributed by atoms with Crippen LogP contribution in [0.1, 0.15) is 17.2 Å². The van der Waals surface area contributed by atoms with Crippen molar-refractivity contribution in [3.8, 4) is 5.75 Å². The maximum Gasteiger partial charge on any atom is 0.115 e. The lowest BCUT2D eigenvalue weighted by Gasteiger charge is -2.24. The highest BCUT2D eigenvalue weighted by atomic mass is 16.3. The van der Waals surface area contributed by atoms with Crippen LogP contribution in [0.5, 0.6) is 5.75 Å². The van der Waals surface area contributed by atoms with Gasteiger partial charge in [0.25, 0.3) is 0 Å². The molecule has 0 saturated heterocycles. The highest BCUT2D eigenvalue weighted by Gasteiger charge is 2.17. The Morgan fingerprint density at radius 1 is 0.800 bits per heavy atom. The van der Waals surface area contributed by atoms with E-state index in [9.17, 15) is 15.3 Å². The van der Waals surface area contributed by atoms with Crippen LogP contribution < -0.4 is 5.32 Å². The van der Waals surface area contributed by atoms with E-state index in [1.165, 1.54) is 0 Å². The first kappa shape index (κ1) is 14.5. The van der Waals surface area contributed by atoms with E-state index in [4.69, 9.17) is 0 Å². The van der Waals surface area contributed by atoms with Crippen LogP contribution in [0.3, 0.4) is 0 Å². The second-order valence-electron chi connectivity index (χ2n) is 4.66. The van der Waals surface area contributed by atoms with Gasteiger partial charge in [0.15, 0.2) is 0 Å². The lowest BCUT2D eigenvalue weighted by Crippen LogP contribution is -2.38. The van der Waals surface area contributed by atoms with Gasteiger partial charge in [-0.25, -0.2) is 0 Å². The molecule has 20 heavy (non-hydrogen) atoms. The maximum absolute atomic E-state index is 9.38. The summed E-state index contributed by atoms with van der Waals surface area (Å²) in [5.41, 5.74) is 1.99. The molecule has 1 atom stereocenters. The van der Waals surface area contributed by atoms with E-state index >= 15 is 0 Å². The van der Waals surface area contributed by atoms with Crippen molar-refractivity contribution in [2.45, 2.75) is 12.1 Å². The second kappa shape index (κ2) is 7.05. The summed E-state index contributed by atoms with van der Waals surface area (Å²) in [5, 5.41) is 31.1. The average molecular weight is 273 g/mol. The fourth-order valence-electron chi connectivity index (χ4n) is 2.10. The first-order valence-electron chi connectivity index (χ1n) is 6.56. The second-order valence-corrected chi connectivity index (χ2v) is 4.66. The number of phenolic OH excluding ortho intramolecular Hbond substituents is 1. The summed E-state index contributed by atoms with van der Waals surface area (Å²) in [4.78, 5) is 0. The Morgan fingerprint density at radius 3 is 1.90 bits per heavy atom. The minimum atomic E-state index is -0.394. The Hall–Kier alpha value is -1.88. The van der Waals surface area contributed by atoms with Crippen molar-refractivity contribution < 1.29 is 15.3 Å². The number of aliphatic hydroxyl groups excluding tert-OH is 2. The Labute approximate surface area is 118 Å². The standard InChI is InChI=1S/C16H19NO3/c18-10-14(11-19)17-16(12-4-2-1-3-5-12)13-6-8-15(20)9-7-13/h1-9,14,16-20H,10-11H2. The number of nitrogens with one attached hydrogen (secondary N) is 1. The molecule has 4 heteroatoms. The number of aromatic hydroxyl groups is 1. The summed E-state index contributed by atoms with van der Waals surface area (Å²) < 4.78 is 0. The molecular formula is C16H19NO3. The summed E-state index contributed by atoms with van der Waals surface area (Å²) in [6, 6.07) is 16.1. The zero-order chi connectivity index (χ0) is 14.4. The minimum Gasteiger partial charge on any atom is -0.508 e. The summed E-state index contributed by atoms with van der Waals surface area (Å²) in [7, 11) is 0. The predicted molar refractivity (Wildman–Crippen MR) is 77.5 cm³/mol. The zero-order valence-electron chi connectivity index (χ0n) is 11.1. The Balaban J connectivity index is 2.31. The summed E-state index contributed by atoms with van der Waals surface area (Å²) in [5.74, 6) is 0.210. The first-order chi connectivity index (χ1) is 9.74. The van der Waals surface area contributed by atoms with Gasteiger partial charge in [-0.2, -0.15) is 0 Å². The molecule has 0 bridgehead atoms. The van der Waals surface area contributed by atoms with Crippen molar-refractivity contribution in [2.75, 3.05) is 13.2 Å². The number of rotatable bonds is 6. The first-order valence-corrected chi connectivity index (χ1v) is 6.56. The van der Waals surface area contributed by atoms with Crippen LogP contribution in [0.2, 0.25) is 0 Å². The third-order valence-corrected chi connectivity index (χ3v) is 3.20. The van der Waals surface area contributed by atoms with E-state index in [-0.39, 0.29) is 25.0 Å². The number of hydrogen-bond donors (Lipinski definition) is 4. The van der Waals surface area contributed by atoms with Gasteiger partial charge >= 0.3 is 0 Å². The molecule has 0 spiro atoms. The lowest BCUT2D eigenvalue weighted by atomic mass is 9.98. The molecule has 106 valence electrons. The van der Waals surface area contributed by atoms with Gasteiger partial charge in [-0.3, -0.25) is 5.32 Å². The van der Waals surface area contributed by atoms with Crippen molar-refractivity contribution in [3.63, 3.8) is 0 Å². The quantitative estimate of drug-likeness (QED) is 0.642. The van der Waals surface area contributed by atoms with Gasteiger partial charge in [-0.1, -0.05) is 42.5 Å².